The van der Waals surface area contributed by atoms with E-state index in [1.165, 1.54) is 4.90 Å². The number of rotatable bonds is 5. The molecule has 1 N–H and O–H groups in total. The van der Waals surface area contributed by atoms with Gasteiger partial charge in [0.1, 0.15) is 16.1 Å². The highest BCUT2D eigenvalue weighted by atomic mass is 79.9. The van der Waals surface area contributed by atoms with Gasteiger partial charge in [-0.15, -0.1) is 0 Å². The highest BCUT2D eigenvalue weighted by molar-refractivity contribution is 9.10. The summed E-state index contributed by atoms with van der Waals surface area (Å²) in [7, 11) is 0. The van der Waals surface area contributed by atoms with Crippen LogP contribution in [0.5, 0.6) is 0 Å². The zero-order valence-corrected chi connectivity index (χ0v) is 15.1. The number of aliphatic carboxylic acids is 1. The predicted octanol–water partition coefficient (Wildman–Crippen LogP) is 3.74. The Bertz CT molecular complexity index is 653. The minimum Gasteiger partial charge on any atom is -0.480 e. The molecule has 0 bridgehead atoms. The van der Waals surface area contributed by atoms with E-state index in [1.807, 2.05) is 13.8 Å². The van der Waals surface area contributed by atoms with Gasteiger partial charge in [0, 0.05) is 6.08 Å². The summed E-state index contributed by atoms with van der Waals surface area (Å²) in [4.78, 5) is 25.5. The molecule has 0 radical (unpaired) electrons. The Morgan fingerprint density at radius 1 is 1.55 bits per heavy atom. The van der Waals surface area contributed by atoms with E-state index in [2.05, 4.69) is 15.9 Å². The maximum Gasteiger partial charge on any atom is 0.326 e. The summed E-state index contributed by atoms with van der Waals surface area (Å²) in [5, 5.41) is 9.39. The van der Waals surface area contributed by atoms with Gasteiger partial charge in [-0.1, -0.05) is 37.8 Å². The van der Waals surface area contributed by atoms with Crippen LogP contribution in [0.2, 0.25) is 0 Å². The summed E-state index contributed by atoms with van der Waals surface area (Å²) in [5.74, 6) is -0.804. The Labute approximate surface area is 145 Å². The van der Waals surface area contributed by atoms with Crippen LogP contribution < -0.4 is 0 Å². The van der Waals surface area contributed by atoms with Crippen LogP contribution in [0.25, 0.3) is 6.08 Å². The lowest BCUT2D eigenvalue weighted by Crippen LogP contribution is -2.44. The number of thioether (sulfide) groups is 1. The predicted molar refractivity (Wildman–Crippen MR) is 92.3 cm³/mol. The topological polar surface area (TPSA) is 70.8 Å². The van der Waals surface area contributed by atoms with Crippen molar-refractivity contribution in [3.8, 4) is 0 Å². The molecule has 1 atom stereocenters. The van der Waals surface area contributed by atoms with Crippen molar-refractivity contribution >= 4 is 62.2 Å². The Hall–Kier alpha value is -1.12. The molecular formula is C14H14BrNO4S2. The molecule has 5 nitrogen and oxygen atoms in total. The Morgan fingerprint density at radius 3 is 2.73 bits per heavy atom. The molecular weight excluding hydrogens is 390 g/mol. The number of carbonyl (C=O) groups is 2. The van der Waals surface area contributed by atoms with Crippen LogP contribution in [-0.4, -0.2) is 32.2 Å². The minimum absolute atomic E-state index is 0.135. The smallest absolute Gasteiger partial charge is 0.326 e. The van der Waals surface area contributed by atoms with Crippen LogP contribution in [0.4, 0.5) is 0 Å². The summed E-state index contributed by atoms with van der Waals surface area (Å²) >= 11 is 9.47. The molecule has 1 aromatic rings. The van der Waals surface area contributed by atoms with Crippen molar-refractivity contribution in [2.75, 3.05) is 0 Å². The summed E-state index contributed by atoms with van der Waals surface area (Å²) < 4.78 is 6.15. The van der Waals surface area contributed by atoms with E-state index in [-0.39, 0.29) is 10.2 Å². The molecule has 1 aliphatic heterocycles. The summed E-state index contributed by atoms with van der Waals surface area (Å²) in [6.07, 6.45) is 1.92. The molecule has 0 unspecified atom stereocenters. The second-order valence-corrected chi connectivity index (χ2v) is 7.63. The Morgan fingerprint density at radius 2 is 2.23 bits per heavy atom. The molecule has 1 amide bonds. The zero-order valence-electron chi connectivity index (χ0n) is 11.9. The first-order chi connectivity index (χ1) is 10.3. The van der Waals surface area contributed by atoms with E-state index >= 15 is 0 Å². The van der Waals surface area contributed by atoms with Crippen LogP contribution in [0.15, 0.2) is 26.1 Å². The lowest BCUT2D eigenvalue weighted by Gasteiger charge is -2.24. The number of thiocarbonyl (C=S) groups is 1. The third-order valence-corrected chi connectivity index (χ3v) is 4.74. The van der Waals surface area contributed by atoms with Crippen LogP contribution in [0.3, 0.4) is 0 Å². The average molecular weight is 404 g/mol. The van der Waals surface area contributed by atoms with Crippen LogP contribution in [-0.2, 0) is 9.59 Å². The van der Waals surface area contributed by atoms with Gasteiger partial charge in [-0.3, -0.25) is 9.69 Å². The van der Waals surface area contributed by atoms with Crippen LogP contribution in [0.1, 0.15) is 26.0 Å². The molecule has 0 saturated carbocycles. The summed E-state index contributed by atoms with van der Waals surface area (Å²) in [5.41, 5.74) is 0. The molecule has 0 aliphatic carbocycles. The highest BCUT2D eigenvalue weighted by Crippen LogP contribution is 2.35. The molecule has 8 heteroatoms. The molecule has 1 aliphatic rings. The van der Waals surface area contributed by atoms with Gasteiger partial charge in [0.25, 0.3) is 5.91 Å². The van der Waals surface area contributed by atoms with E-state index in [9.17, 15) is 14.7 Å². The molecule has 1 saturated heterocycles. The molecule has 118 valence electrons. The van der Waals surface area contributed by atoms with E-state index in [1.54, 1.807) is 18.2 Å². The Kier molecular flexibility index (Phi) is 5.46. The quantitative estimate of drug-likeness (QED) is 0.596. The first-order valence-corrected chi connectivity index (χ1v) is 8.56. The monoisotopic (exact) mass is 403 g/mol. The highest BCUT2D eigenvalue weighted by Gasteiger charge is 2.40. The van der Waals surface area contributed by atoms with Gasteiger partial charge in [-0.25, -0.2) is 4.79 Å². The first kappa shape index (κ1) is 17.2. The fourth-order valence-corrected chi connectivity index (χ4v) is 3.70. The largest absolute Gasteiger partial charge is 0.480 e. The average Bonchev–Trinajstić information content (AvgIpc) is 2.92. The number of nitrogens with zero attached hydrogens (tertiary/aromatic N) is 1. The summed E-state index contributed by atoms with van der Waals surface area (Å²) in [6.45, 7) is 3.81. The van der Waals surface area contributed by atoms with Gasteiger partial charge < -0.3 is 9.52 Å². The fourth-order valence-electron chi connectivity index (χ4n) is 2.05. The van der Waals surface area contributed by atoms with Gasteiger partial charge in [0.15, 0.2) is 4.67 Å². The normalized spacial score (nSPS) is 18.5. The van der Waals surface area contributed by atoms with E-state index in [0.29, 0.717) is 21.8 Å². The van der Waals surface area contributed by atoms with E-state index < -0.39 is 17.9 Å². The second kappa shape index (κ2) is 6.97. The molecule has 0 spiro atoms. The lowest BCUT2D eigenvalue weighted by atomic mass is 10.0. The van der Waals surface area contributed by atoms with Crippen molar-refractivity contribution in [1.29, 1.82) is 0 Å². The number of hydrogen-bond donors (Lipinski definition) is 1. The molecule has 1 aromatic heterocycles. The minimum atomic E-state index is -1.05. The van der Waals surface area contributed by atoms with Gasteiger partial charge in [0.2, 0.25) is 0 Å². The zero-order chi connectivity index (χ0) is 16.4. The van der Waals surface area contributed by atoms with Crippen molar-refractivity contribution in [1.82, 2.24) is 4.90 Å². The molecule has 1 fully saturated rings. The fraction of sp³-hybridized carbons (Fsp3) is 0.357. The molecule has 22 heavy (non-hydrogen) atoms. The van der Waals surface area contributed by atoms with Crippen LogP contribution in [0, 0.1) is 5.92 Å². The number of halogens is 1. The van der Waals surface area contributed by atoms with E-state index in [4.69, 9.17) is 16.6 Å². The lowest BCUT2D eigenvalue weighted by molar-refractivity contribution is -0.145. The number of carbonyl (C=O) groups excluding carboxylic acids is 1. The van der Waals surface area contributed by atoms with Gasteiger partial charge in [-0.05, 0) is 40.4 Å². The van der Waals surface area contributed by atoms with Crippen molar-refractivity contribution < 1.29 is 19.1 Å². The molecule has 2 rings (SSSR count). The number of carboxylic acids is 1. The van der Waals surface area contributed by atoms with E-state index in [0.717, 1.165) is 11.8 Å². The van der Waals surface area contributed by atoms with Gasteiger partial charge >= 0.3 is 5.97 Å². The Balaban J connectivity index is 2.27. The van der Waals surface area contributed by atoms with Crippen molar-refractivity contribution in [3.05, 3.63) is 27.5 Å². The number of furan rings is 1. The number of carboxylic acid groups (broad SMARTS) is 1. The van der Waals surface area contributed by atoms with Crippen LogP contribution >= 0.6 is 39.9 Å². The van der Waals surface area contributed by atoms with Crippen molar-refractivity contribution in [2.45, 2.75) is 26.3 Å². The van der Waals surface area contributed by atoms with Gasteiger partial charge in [-0.2, -0.15) is 0 Å². The third-order valence-electron chi connectivity index (χ3n) is 2.98. The number of amides is 1. The van der Waals surface area contributed by atoms with Crippen molar-refractivity contribution in [3.63, 3.8) is 0 Å². The molecule has 0 aromatic carbocycles. The van der Waals surface area contributed by atoms with Crippen molar-refractivity contribution in [2.24, 2.45) is 5.92 Å². The maximum atomic E-state index is 12.5. The van der Waals surface area contributed by atoms with Gasteiger partial charge in [0.05, 0.1) is 4.91 Å². The first-order valence-electron chi connectivity index (χ1n) is 6.54. The summed E-state index contributed by atoms with van der Waals surface area (Å²) in [6, 6.07) is 2.48. The standard InChI is InChI=1S/C14H14BrNO4S2/c1-7(2)5-9(13(18)19)16-12(17)10(22-14(16)21)6-8-3-4-11(15)20-8/h3-4,6-7,9H,5H2,1-2H3,(H,18,19)/b10-6+/t9-/m0/s1. The SMILES string of the molecule is CC(C)C[C@@H](C(=O)O)N1C(=O)/C(=C\c2ccc(Br)o2)SC1=S. The maximum absolute atomic E-state index is 12.5. The second-order valence-electron chi connectivity index (χ2n) is 5.18. The molecule has 2 heterocycles. The third kappa shape index (κ3) is 3.80. The number of hydrogen-bond acceptors (Lipinski definition) is 5.